The molecular weight excluding hydrogens is 320 g/mol. The topological polar surface area (TPSA) is 58.1 Å². The van der Waals surface area contributed by atoms with E-state index in [0.717, 1.165) is 29.5 Å². The monoisotopic (exact) mass is 344 g/mol. The molecule has 3 rings (SSSR count). The van der Waals surface area contributed by atoms with Gasteiger partial charge in [-0.2, -0.15) is 0 Å². The second-order valence-corrected chi connectivity index (χ2v) is 7.28. The van der Waals surface area contributed by atoms with Crippen LogP contribution < -0.4 is 5.32 Å². The van der Waals surface area contributed by atoms with Gasteiger partial charge in [-0.05, 0) is 45.4 Å². The normalized spacial score (nSPS) is 18.5. The lowest BCUT2D eigenvalue weighted by Gasteiger charge is -2.33. The van der Waals surface area contributed by atoms with Gasteiger partial charge in [-0.1, -0.05) is 12.5 Å². The Labute approximate surface area is 147 Å². The first-order valence-corrected chi connectivity index (χ1v) is 9.38. The summed E-state index contributed by atoms with van der Waals surface area (Å²) in [6.07, 6.45) is 5.58. The smallest absolute Gasteiger partial charge is 0.263 e. The van der Waals surface area contributed by atoms with Crippen molar-refractivity contribution in [1.82, 2.24) is 20.2 Å². The van der Waals surface area contributed by atoms with Crippen molar-refractivity contribution in [3.05, 3.63) is 35.0 Å². The summed E-state index contributed by atoms with van der Waals surface area (Å²) < 4.78 is 0. The molecule has 3 heterocycles. The Bertz CT molecular complexity index is 686. The summed E-state index contributed by atoms with van der Waals surface area (Å²) >= 11 is 1.41. The molecule has 0 bridgehead atoms. The molecule has 5 nitrogen and oxygen atoms in total. The van der Waals surface area contributed by atoms with Crippen LogP contribution >= 0.6 is 11.3 Å². The van der Waals surface area contributed by atoms with Gasteiger partial charge in [0.05, 0.1) is 11.4 Å². The Hall–Kier alpha value is -1.79. The van der Waals surface area contributed by atoms with Gasteiger partial charge in [0.15, 0.2) is 0 Å². The number of hydrogen-bond acceptors (Lipinski definition) is 5. The van der Waals surface area contributed by atoms with Gasteiger partial charge in [-0.25, -0.2) is 4.98 Å². The number of rotatable bonds is 5. The minimum Gasteiger partial charge on any atom is -0.350 e. The van der Waals surface area contributed by atoms with Crippen molar-refractivity contribution in [3.8, 4) is 10.7 Å². The molecular formula is C18H24N4OS. The molecule has 0 aromatic carbocycles. The zero-order chi connectivity index (χ0) is 16.9. The highest BCUT2D eigenvalue weighted by atomic mass is 32.1. The van der Waals surface area contributed by atoms with Crippen LogP contribution in [0.3, 0.4) is 0 Å². The molecule has 1 saturated heterocycles. The van der Waals surface area contributed by atoms with Crippen LogP contribution in [0.15, 0.2) is 24.4 Å². The summed E-state index contributed by atoms with van der Waals surface area (Å²) in [7, 11) is 0. The van der Waals surface area contributed by atoms with Crippen LogP contribution in [0.2, 0.25) is 0 Å². The quantitative estimate of drug-likeness (QED) is 0.905. The SMILES string of the molecule is Cc1nc(-c2ccccn2)sc1C(=O)NCCN1CCCC[C@@H]1C. The van der Waals surface area contributed by atoms with Gasteiger partial charge < -0.3 is 5.32 Å². The van der Waals surface area contributed by atoms with Crippen molar-refractivity contribution in [2.24, 2.45) is 0 Å². The van der Waals surface area contributed by atoms with Crippen LogP contribution in [-0.2, 0) is 0 Å². The Morgan fingerprint density at radius 2 is 2.29 bits per heavy atom. The molecule has 1 aliphatic heterocycles. The fourth-order valence-electron chi connectivity index (χ4n) is 3.09. The Morgan fingerprint density at radius 1 is 1.42 bits per heavy atom. The Balaban J connectivity index is 1.58. The average molecular weight is 344 g/mol. The highest BCUT2D eigenvalue weighted by Gasteiger charge is 2.19. The standard InChI is InChI=1S/C18H24N4OS/c1-13-7-4-6-11-22(13)12-10-20-17(23)16-14(2)21-18(24-16)15-8-3-5-9-19-15/h3,5,8-9,13H,4,6-7,10-12H2,1-2H3,(H,20,23)/t13-/m0/s1. The van der Waals surface area contributed by atoms with Gasteiger partial charge >= 0.3 is 0 Å². The first-order chi connectivity index (χ1) is 11.6. The van der Waals surface area contributed by atoms with Gasteiger partial charge in [0.25, 0.3) is 5.91 Å². The number of thiazole rings is 1. The molecule has 1 fully saturated rings. The number of aromatic nitrogens is 2. The van der Waals surface area contributed by atoms with E-state index in [0.29, 0.717) is 17.5 Å². The molecule has 1 N–H and O–H groups in total. The maximum absolute atomic E-state index is 12.5. The van der Waals surface area contributed by atoms with E-state index in [1.165, 1.54) is 30.6 Å². The number of piperidine rings is 1. The van der Waals surface area contributed by atoms with Crippen LogP contribution in [0.25, 0.3) is 10.7 Å². The zero-order valence-electron chi connectivity index (χ0n) is 14.3. The third-order valence-corrected chi connectivity index (χ3v) is 5.69. The van der Waals surface area contributed by atoms with Crippen LogP contribution in [0, 0.1) is 6.92 Å². The number of nitrogens with zero attached hydrogens (tertiary/aromatic N) is 3. The predicted molar refractivity (Wildman–Crippen MR) is 97.3 cm³/mol. The van der Waals surface area contributed by atoms with Crippen molar-refractivity contribution in [2.45, 2.75) is 39.2 Å². The van der Waals surface area contributed by atoms with Crippen molar-refractivity contribution in [2.75, 3.05) is 19.6 Å². The first kappa shape index (κ1) is 17.0. The molecule has 2 aromatic rings. The third kappa shape index (κ3) is 3.99. The van der Waals surface area contributed by atoms with Gasteiger partial charge in [-0.3, -0.25) is 14.7 Å². The Kier molecular flexibility index (Phi) is 5.58. The second-order valence-electron chi connectivity index (χ2n) is 6.29. The molecule has 1 atom stereocenters. The lowest BCUT2D eigenvalue weighted by Crippen LogP contribution is -2.42. The maximum Gasteiger partial charge on any atom is 0.263 e. The number of carbonyl (C=O) groups is 1. The first-order valence-electron chi connectivity index (χ1n) is 8.56. The largest absolute Gasteiger partial charge is 0.350 e. The number of amides is 1. The highest BCUT2D eigenvalue weighted by Crippen LogP contribution is 2.26. The summed E-state index contributed by atoms with van der Waals surface area (Å²) in [5, 5.41) is 3.84. The molecule has 0 spiro atoms. The van der Waals surface area contributed by atoms with E-state index >= 15 is 0 Å². The molecule has 0 aliphatic carbocycles. The van der Waals surface area contributed by atoms with Gasteiger partial charge in [0, 0.05) is 25.3 Å². The number of carbonyl (C=O) groups excluding carboxylic acids is 1. The predicted octanol–water partition coefficient (Wildman–Crippen LogP) is 3.12. The third-order valence-electron chi connectivity index (χ3n) is 4.51. The van der Waals surface area contributed by atoms with Crippen molar-refractivity contribution >= 4 is 17.2 Å². The minimum absolute atomic E-state index is 0.0307. The van der Waals surface area contributed by atoms with E-state index < -0.39 is 0 Å². The van der Waals surface area contributed by atoms with E-state index in [1.807, 2.05) is 25.1 Å². The second kappa shape index (κ2) is 7.85. The number of likely N-dealkylation sites (tertiary alicyclic amines) is 1. The molecule has 0 unspecified atom stereocenters. The highest BCUT2D eigenvalue weighted by molar-refractivity contribution is 7.17. The number of nitrogens with one attached hydrogen (secondary N) is 1. The average Bonchev–Trinajstić information content (AvgIpc) is 2.99. The van der Waals surface area contributed by atoms with Gasteiger partial charge in [-0.15, -0.1) is 11.3 Å². The van der Waals surface area contributed by atoms with E-state index in [-0.39, 0.29) is 5.91 Å². The van der Waals surface area contributed by atoms with Crippen LogP contribution in [0.4, 0.5) is 0 Å². The van der Waals surface area contributed by atoms with E-state index in [1.54, 1.807) is 6.20 Å². The fraction of sp³-hybridized carbons (Fsp3) is 0.500. The number of hydrogen-bond donors (Lipinski definition) is 1. The molecule has 0 saturated carbocycles. The zero-order valence-corrected chi connectivity index (χ0v) is 15.1. The molecule has 2 aromatic heterocycles. The van der Waals surface area contributed by atoms with Crippen molar-refractivity contribution < 1.29 is 4.79 Å². The lowest BCUT2D eigenvalue weighted by molar-refractivity contribution is 0.0941. The summed E-state index contributed by atoms with van der Waals surface area (Å²) in [5.74, 6) is -0.0307. The van der Waals surface area contributed by atoms with Gasteiger partial charge in [0.1, 0.15) is 9.88 Å². The number of pyridine rings is 1. The molecule has 128 valence electrons. The van der Waals surface area contributed by atoms with Gasteiger partial charge in [0.2, 0.25) is 0 Å². The molecule has 24 heavy (non-hydrogen) atoms. The van der Waals surface area contributed by atoms with Crippen molar-refractivity contribution in [1.29, 1.82) is 0 Å². The van der Waals surface area contributed by atoms with E-state index in [4.69, 9.17) is 0 Å². The lowest BCUT2D eigenvalue weighted by atomic mass is 10.0. The molecule has 1 aliphatic rings. The van der Waals surface area contributed by atoms with Crippen LogP contribution in [0.5, 0.6) is 0 Å². The summed E-state index contributed by atoms with van der Waals surface area (Å²) in [5.41, 5.74) is 1.58. The molecule has 1 amide bonds. The van der Waals surface area contributed by atoms with Crippen LogP contribution in [-0.4, -0.2) is 46.5 Å². The van der Waals surface area contributed by atoms with Crippen LogP contribution in [0.1, 0.15) is 41.6 Å². The molecule has 0 radical (unpaired) electrons. The number of aryl methyl sites for hydroxylation is 1. The minimum atomic E-state index is -0.0307. The summed E-state index contributed by atoms with van der Waals surface area (Å²) in [4.78, 5) is 24.4. The van der Waals surface area contributed by atoms with E-state index in [9.17, 15) is 4.79 Å². The molecule has 6 heteroatoms. The summed E-state index contributed by atoms with van der Waals surface area (Å²) in [6.45, 7) is 6.88. The van der Waals surface area contributed by atoms with Crippen molar-refractivity contribution in [3.63, 3.8) is 0 Å². The maximum atomic E-state index is 12.5. The fourth-order valence-corrected chi connectivity index (χ4v) is 4.05. The van der Waals surface area contributed by atoms with E-state index in [2.05, 4.69) is 27.1 Å². The summed E-state index contributed by atoms with van der Waals surface area (Å²) in [6, 6.07) is 6.34. The Morgan fingerprint density at radius 3 is 3.04 bits per heavy atom.